The number of carboxylic acids is 3. The van der Waals surface area contributed by atoms with Crippen LogP contribution in [0.1, 0.15) is 109 Å². The molecule has 1 heterocycles. The molecule has 1 aliphatic heterocycles. The fourth-order valence-electron chi connectivity index (χ4n) is 9.01. The van der Waals surface area contributed by atoms with Gasteiger partial charge in [0.1, 0.15) is 18.8 Å². The molecule has 0 amide bonds. The van der Waals surface area contributed by atoms with Gasteiger partial charge < -0.3 is 39.6 Å². The summed E-state index contributed by atoms with van der Waals surface area (Å²) in [6.45, 7) is 1.62. The van der Waals surface area contributed by atoms with E-state index in [2.05, 4.69) is 15.6 Å². The highest BCUT2D eigenvalue weighted by Gasteiger charge is 2.28. The molecule has 2 aliphatic carbocycles. The number of rotatable bonds is 21. The Balaban J connectivity index is 1.23. The van der Waals surface area contributed by atoms with Crippen LogP contribution >= 0.6 is 24.7 Å². The second kappa shape index (κ2) is 29.7. The second-order valence-electron chi connectivity index (χ2n) is 17.0. The number of carbonyl (C=O) groups is 3. The summed E-state index contributed by atoms with van der Waals surface area (Å²) < 4.78 is 12.4. The van der Waals surface area contributed by atoms with Crippen LogP contribution in [-0.2, 0) is 23.3 Å². The zero-order chi connectivity index (χ0) is 43.7. The minimum Gasteiger partial charge on any atom is -0.480 e. The van der Waals surface area contributed by atoms with Crippen molar-refractivity contribution in [2.45, 2.75) is 127 Å². The predicted molar refractivity (Wildman–Crippen MR) is 246 cm³/mol. The van der Waals surface area contributed by atoms with E-state index >= 15 is 0 Å². The molecule has 0 spiro atoms. The Morgan fingerprint density at radius 2 is 1.43 bits per heavy atom. The Morgan fingerprint density at radius 1 is 0.803 bits per heavy atom. The van der Waals surface area contributed by atoms with Gasteiger partial charge in [0.05, 0.1) is 38.4 Å². The third kappa shape index (κ3) is 21.5. The van der Waals surface area contributed by atoms with Gasteiger partial charge in [-0.15, -0.1) is 12.6 Å². The summed E-state index contributed by atoms with van der Waals surface area (Å²) in [4.78, 5) is 44.6. The second-order valence-corrected chi connectivity index (χ2v) is 18.4. The first-order valence-corrected chi connectivity index (χ1v) is 24.2. The lowest BCUT2D eigenvalue weighted by Gasteiger charge is -2.33. The van der Waals surface area contributed by atoms with Gasteiger partial charge in [0, 0.05) is 55.4 Å². The van der Waals surface area contributed by atoms with E-state index in [-0.39, 0.29) is 57.2 Å². The molecule has 2 fully saturated rings. The van der Waals surface area contributed by atoms with Gasteiger partial charge in [0.2, 0.25) is 0 Å². The maximum absolute atomic E-state index is 11.9. The molecule has 6 N–H and O–H groups in total. The highest BCUT2D eigenvalue weighted by atomic mass is 32.2. The Kier molecular flexibility index (Phi) is 24.8. The number of carboxylic acid groups (broad SMARTS) is 3. The zero-order valence-corrected chi connectivity index (χ0v) is 37.9. The molecule has 3 aliphatic rings. The molecule has 4 rings (SSSR count). The fourth-order valence-corrected chi connectivity index (χ4v) is 10.0. The monoisotopic (exact) mass is 894 g/mol. The number of hydrogen-bond acceptors (Lipinski definition) is 14. The van der Waals surface area contributed by atoms with Crippen LogP contribution in [-0.4, -0.2) is 150 Å². The average molecular weight is 895 g/mol. The summed E-state index contributed by atoms with van der Waals surface area (Å²) in [6, 6.07) is 7.38. The van der Waals surface area contributed by atoms with Crippen LogP contribution in [0.3, 0.4) is 0 Å². The summed E-state index contributed by atoms with van der Waals surface area (Å²) in [5.41, 5.74) is 1.77. The van der Waals surface area contributed by atoms with Crippen LogP contribution in [0.4, 0.5) is 11.4 Å². The topological polar surface area (TPSA) is 197 Å². The summed E-state index contributed by atoms with van der Waals surface area (Å²) in [7, 11) is 0. The molecule has 1 aromatic rings. The van der Waals surface area contributed by atoms with Crippen molar-refractivity contribution < 1.29 is 43.7 Å². The van der Waals surface area contributed by atoms with Gasteiger partial charge in [-0.3, -0.25) is 34.5 Å². The number of ether oxygens (including phenoxy) is 1. The van der Waals surface area contributed by atoms with E-state index in [1.165, 1.54) is 89.1 Å². The molecular weight excluding hydrogens is 821 g/mol. The SMILES string of the molecule is O=C(O)CN1CC/N=C(\CN(CC(=O)O)c2ccc(NC(S)NCCCSOC3CCCCCCCC(C4CCCCCCC4)CC(OCO)C3)cc2)CN(CC(=O)O)CC1. The van der Waals surface area contributed by atoms with Crippen LogP contribution < -0.4 is 15.5 Å². The molecule has 0 saturated heterocycles. The van der Waals surface area contributed by atoms with Gasteiger partial charge in [-0.25, -0.2) is 0 Å². The van der Waals surface area contributed by atoms with Crippen LogP contribution in [0, 0.1) is 11.8 Å². The lowest BCUT2D eigenvalue weighted by Crippen LogP contribution is -2.43. The minimum atomic E-state index is -1.01. The van der Waals surface area contributed by atoms with Gasteiger partial charge in [-0.05, 0) is 74.0 Å². The van der Waals surface area contributed by atoms with E-state index in [0.717, 1.165) is 56.0 Å². The molecule has 61 heavy (non-hydrogen) atoms. The number of aliphatic imine (C=N–C) groups is 1. The number of aliphatic hydroxyl groups excluding tert-OH is 1. The van der Waals surface area contributed by atoms with E-state index in [4.69, 9.17) is 21.5 Å². The highest BCUT2D eigenvalue weighted by molar-refractivity contribution is 7.94. The van der Waals surface area contributed by atoms with Crippen molar-refractivity contribution in [1.82, 2.24) is 15.1 Å². The first-order valence-electron chi connectivity index (χ1n) is 22.7. The Hall–Kier alpha value is -2.64. The van der Waals surface area contributed by atoms with Crippen LogP contribution in [0.25, 0.3) is 0 Å². The Morgan fingerprint density at radius 3 is 2.08 bits per heavy atom. The number of aliphatic carboxylic acids is 3. The maximum Gasteiger partial charge on any atom is 0.323 e. The quantitative estimate of drug-likeness (QED) is 0.0315. The number of nitrogens with one attached hydrogen (secondary N) is 2. The molecule has 15 nitrogen and oxygen atoms in total. The molecular formula is C44H74N6O9S2. The first-order chi connectivity index (χ1) is 29.6. The number of benzene rings is 1. The number of thiol groups is 1. The van der Waals surface area contributed by atoms with Crippen LogP contribution in [0.15, 0.2) is 29.3 Å². The molecule has 4 unspecified atom stereocenters. The molecule has 2 saturated carbocycles. The Bertz CT molecular complexity index is 1440. The molecule has 1 aromatic carbocycles. The summed E-state index contributed by atoms with van der Waals surface area (Å²) in [5.74, 6) is -0.734. The van der Waals surface area contributed by atoms with Gasteiger partial charge in [-0.2, -0.15) is 0 Å². The van der Waals surface area contributed by atoms with Crippen molar-refractivity contribution >= 4 is 59.7 Å². The van der Waals surface area contributed by atoms with E-state index in [1.54, 1.807) is 14.7 Å². The van der Waals surface area contributed by atoms with E-state index < -0.39 is 17.9 Å². The lowest BCUT2D eigenvalue weighted by atomic mass is 9.76. The molecule has 0 aromatic heterocycles. The summed E-state index contributed by atoms with van der Waals surface area (Å²) in [6.07, 6.45) is 20.8. The van der Waals surface area contributed by atoms with Gasteiger partial charge >= 0.3 is 17.9 Å². The number of nitrogens with zero attached hydrogens (tertiary/aromatic N) is 4. The fraction of sp³-hybridized carbons (Fsp3) is 0.773. The van der Waals surface area contributed by atoms with E-state index in [1.807, 2.05) is 24.3 Å². The third-order valence-corrected chi connectivity index (χ3v) is 13.3. The molecule has 346 valence electrons. The van der Waals surface area contributed by atoms with Crippen molar-refractivity contribution in [3.63, 3.8) is 0 Å². The summed E-state index contributed by atoms with van der Waals surface area (Å²) in [5, 5.41) is 45.1. The van der Waals surface area contributed by atoms with Crippen molar-refractivity contribution in [2.75, 3.05) is 88.2 Å². The molecule has 17 heteroatoms. The minimum absolute atomic E-state index is 0.0130. The number of hydrogen-bond donors (Lipinski definition) is 7. The number of anilines is 2. The predicted octanol–water partition coefficient (Wildman–Crippen LogP) is 6.28. The van der Waals surface area contributed by atoms with E-state index in [0.29, 0.717) is 43.5 Å². The van der Waals surface area contributed by atoms with Crippen molar-refractivity contribution in [3.8, 4) is 0 Å². The van der Waals surface area contributed by atoms with Crippen LogP contribution in [0.5, 0.6) is 0 Å². The summed E-state index contributed by atoms with van der Waals surface area (Å²) >= 11 is 6.22. The van der Waals surface area contributed by atoms with Gasteiger partial charge in [0.15, 0.2) is 0 Å². The van der Waals surface area contributed by atoms with Crippen LogP contribution in [0.2, 0.25) is 0 Å². The van der Waals surface area contributed by atoms with Gasteiger partial charge in [-0.1, -0.05) is 83.5 Å². The average Bonchev–Trinajstić information content (AvgIpc) is 3.27. The normalized spacial score (nSPS) is 23.9. The molecule has 0 bridgehead atoms. The molecule has 4 atom stereocenters. The van der Waals surface area contributed by atoms with Crippen molar-refractivity contribution in [2.24, 2.45) is 16.8 Å². The highest BCUT2D eigenvalue weighted by Crippen LogP contribution is 2.36. The molecule has 0 radical (unpaired) electrons. The standard InChI is InChI=1S/C44H74N6O9S2/c51-33-58-40-26-35(34-12-7-3-1-4-8-13-34)14-9-5-2-6-10-15-39(27-40)59-61-25-11-20-46-44(60)47-36-16-18-38(19-17-36)50(32-43(56)57)29-37-28-49(31-42(54)55)24-23-48(22-21-45-37)30-41(52)53/h16-19,34-35,39-40,44,46-47,51,60H,1-15,20-33H2,(H,52,53)(H,54,55)(H,56,57)/b45-37-. The van der Waals surface area contributed by atoms with Crippen molar-refractivity contribution in [3.05, 3.63) is 24.3 Å². The lowest BCUT2D eigenvalue weighted by molar-refractivity contribution is -0.140. The van der Waals surface area contributed by atoms with E-state index in [9.17, 15) is 34.8 Å². The van der Waals surface area contributed by atoms with Gasteiger partial charge in [0.25, 0.3) is 0 Å². The maximum atomic E-state index is 11.9. The Labute approximate surface area is 373 Å². The smallest absolute Gasteiger partial charge is 0.323 e. The largest absolute Gasteiger partial charge is 0.480 e. The van der Waals surface area contributed by atoms with Crippen molar-refractivity contribution in [1.29, 1.82) is 0 Å². The zero-order valence-electron chi connectivity index (χ0n) is 36.2. The number of aliphatic hydroxyl groups is 1. The third-order valence-electron chi connectivity index (χ3n) is 12.1. The first kappa shape index (κ1) is 51.0.